The highest BCUT2D eigenvalue weighted by Gasteiger charge is 2.15. The SMILES string of the molecule is Cc1ccc(C(=O)Nc2ccccc2-c2cc3cc(CN4CCNCC4)ccc3o2)cc1. The molecular weight excluding hydrogens is 398 g/mol. The maximum Gasteiger partial charge on any atom is 0.255 e. The fourth-order valence-corrected chi connectivity index (χ4v) is 4.16. The number of aryl methyl sites for hydroxylation is 1. The Balaban J connectivity index is 1.40. The van der Waals surface area contributed by atoms with Crippen molar-refractivity contribution in [2.75, 3.05) is 31.5 Å². The molecule has 3 aromatic carbocycles. The van der Waals surface area contributed by atoms with Gasteiger partial charge in [0.25, 0.3) is 5.91 Å². The lowest BCUT2D eigenvalue weighted by molar-refractivity contribution is 0.102. The largest absolute Gasteiger partial charge is 0.456 e. The Morgan fingerprint density at radius 1 is 1.00 bits per heavy atom. The van der Waals surface area contributed by atoms with Crippen LogP contribution in [0.2, 0.25) is 0 Å². The predicted octanol–water partition coefficient (Wildman–Crippen LogP) is 5.07. The number of benzene rings is 3. The number of nitrogens with one attached hydrogen (secondary N) is 2. The Morgan fingerprint density at radius 3 is 2.59 bits per heavy atom. The van der Waals surface area contributed by atoms with Gasteiger partial charge in [-0.05, 0) is 55.0 Å². The van der Waals surface area contributed by atoms with Crippen molar-refractivity contribution in [2.24, 2.45) is 0 Å². The van der Waals surface area contributed by atoms with Crippen LogP contribution in [0.15, 0.2) is 77.2 Å². The number of hydrogen-bond acceptors (Lipinski definition) is 4. The van der Waals surface area contributed by atoms with E-state index in [2.05, 4.69) is 33.7 Å². The lowest BCUT2D eigenvalue weighted by Gasteiger charge is -2.27. The molecule has 5 heteroatoms. The molecule has 0 saturated carbocycles. The topological polar surface area (TPSA) is 57.5 Å². The molecule has 32 heavy (non-hydrogen) atoms. The maximum absolute atomic E-state index is 12.8. The van der Waals surface area contributed by atoms with Gasteiger partial charge in [-0.3, -0.25) is 9.69 Å². The number of rotatable bonds is 5. The average molecular weight is 426 g/mol. The number of para-hydroxylation sites is 1. The van der Waals surface area contributed by atoms with Gasteiger partial charge in [0, 0.05) is 49.2 Å². The molecule has 0 atom stereocenters. The Morgan fingerprint density at radius 2 is 1.78 bits per heavy atom. The van der Waals surface area contributed by atoms with Crippen molar-refractivity contribution < 1.29 is 9.21 Å². The summed E-state index contributed by atoms with van der Waals surface area (Å²) in [5.74, 6) is 0.617. The number of furan rings is 1. The molecule has 162 valence electrons. The minimum absolute atomic E-state index is 0.133. The number of carbonyl (C=O) groups is 1. The summed E-state index contributed by atoms with van der Waals surface area (Å²) in [5.41, 5.74) is 5.50. The van der Waals surface area contributed by atoms with Crippen LogP contribution >= 0.6 is 0 Å². The third-order valence-electron chi connectivity index (χ3n) is 5.95. The van der Waals surface area contributed by atoms with Crippen LogP contribution in [0.1, 0.15) is 21.5 Å². The van der Waals surface area contributed by atoms with Crippen LogP contribution in [-0.4, -0.2) is 37.0 Å². The van der Waals surface area contributed by atoms with E-state index in [-0.39, 0.29) is 5.91 Å². The second-order valence-corrected chi connectivity index (χ2v) is 8.37. The van der Waals surface area contributed by atoms with Crippen LogP contribution in [0.3, 0.4) is 0 Å². The van der Waals surface area contributed by atoms with Gasteiger partial charge < -0.3 is 15.1 Å². The van der Waals surface area contributed by atoms with Crippen LogP contribution in [0.4, 0.5) is 5.69 Å². The number of piperazine rings is 1. The minimum atomic E-state index is -0.133. The van der Waals surface area contributed by atoms with E-state index in [9.17, 15) is 4.79 Å². The summed E-state index contributed by atoms with van der Waals surface area (Å²) < 4.78 is 6.17. The van der Waals surface area contributed by atoms with Crippen LogP contribution in [0, 0.1) is 6.92 Å². The van der Waals surface area contributed by atoms with Gasteiger partial charge >= 0.3 is 0 Å². The van der Waals surface area contributed by atoms with Crippen molar-refractivity contribution in [3.63, 3.8) is 0 Å². The lowest BCUT2D eigenvalue weighted by Crippen LogP contribution is -2.42. The van der Waals surface area contributed by atoms with E-state index in [1.165, 1.54) is 5.56 Å². The second-order valence-electron chi connectivity index (χ2n) is 8.37. The zero-order valence-corrected chi connectivity index (χ0v) is 18.2. The highest BCUT2D eigenvalue weighted by atomic mass is 16.3. The zero-order chi connectivity index (χ0) is 21.9. The number of nitrogens with zero attached hydrogens (tertiary/aromatic N) is 1. The van der Waals surface area contributed by atoms with Gasteiger partial charge in [0.1, 0.15) is 11.3 Å². The third-order valence-corrected chi connectivity index (χ3v) is 5.95. The van der Waals surface area contributed by atoms with E-state index in [1.807, 2.05) is 61.5 Å². The van der Waals surface area contributed by atoms with E-state index in [1.54, 1.807) is 0 Å². The van der Waals surface area contributed by atoms with Crippen molar-refractivity contribution in [1.29, 1.82) is 0 Å². The molecule has 2 N–H and O–H groups in total. The zero-order valence-electron chi connectivity index (χ0n) is 18.2. The molecule has 1 aliphatic rings. The third kappa shape index (κ3) is 4.44. The molecule has 1 fully saturated rings. The highest BCUT2D eigenvalue weighted by molar-refractivity contribution is 6.06. The first-order chi connectivity index (χ1) is 15.7. The molecule has 0 spiro atoms. The van der Waals surface area contributed by atoms with E-state index < -0.39 is 0 Å². The molecule has 5 rings (SSSR count). The number of anilines is 1. The standard InChI is InChI=1S/C27H27N3O2/c1-19-6-9-21(10-7-19)27(31)29-24-5-3-2-4-23(24)26-17-22-16-20(8-11-25(22)32-26)18-30-14-12-28-13-15-30/h2-11,16-17,28H,12-15,18H2,1H3,(H,29,31). The Bertz CT molecular complexity index is 1240. The average Bonchev–Trinajstić information content (AvgIpc) is 3.24. The quantitative estimate of drug-likeness (QED) is 0.469. The monoisotopic (exact) mass is 425 g/mol. The van der Waals surface area contributed by atoms with Crippen molar-refractivity contribution in [3.05, 3.63) is 89.5 Å². The first-order valence-corrected chi connectivity index (χ1v) is 11.1. The van der Waals surface area contributed by atoms with Gasteiger partial charge in [0.2, 0.25) is 0 Å². The van der Waals surface area contributed by atoms with Crippen molar-refractivity contribution in [3.8, 4) is 11.3 Å². The lowest BCUT2D eigenvalue weighted by atomic mass is 10.1. The van der Waals surface area contributed by atoms with Crippen molar-refractivity contribution in [1.82, 2.24) is 10.2 Å². The van der Waals surface area contributed by atoms with Crippen LogP contribution < -0.4 is 10.6 Å². The summed E-state index contributed by atoms with van der Waals surface area (Å²) in [4.78, 5) is 15.2. The minimum Gasteiger partial charge on any atom is -0.456 e. The summed E-state index contributed by atoms with van der Waals surface area (Å²) in [6, 6.07) is 23.8. The van der Waals surface area contributed by atoms with Crippen molar-refractivity contribution in [2.45, 2.75) is 13.5 Å². The molecule has 5 nitrogen and oxygen atoms in total. The molecule has 2 heterocycles. The molecule has 0 radical (unpaired) electrons. The smallest absolute Gasteiger partial charge is 0.255 e. The molecule has 1 aliphatic heterocycles. The molecule has 1 amide bonds. The summed E-state index contributed by atoms with van der Waals surface area (Å²) in [6.45, 7) is 7.19. The predicted molar refractivity (Wildman–Crippen MR) is 129 cm³/mol. The van der Waals surface area contributed by atoms with Crippen molar-refractivity contribution >= 4 is 22.6 Å². The Hall–Kier alpha value is -3.41. The van der Waals surface area contributed by atoms with E-state index in [4.69, 9.17) is 4.42 Å². The molecule has 0 bridgehead atoms. The summed E-state index contributed by atoms with van der Waals surface area (Å²) >= 11 is 0. The highest BCUT2D eigenvalue weighted by Crippen LogP contribution is 2.33. The number of hydrogen-bond donors (Lipinski definition) is 2. The Labute approximate surface area is 188 Å². The summed E-state index contributed by atoms with van der Waals surface area (Å²) in [5, 5.41) is 7.52. The van der Waals surface area contributed by atoms with Gasteiger partial charge in [-0.2, -0.15) is 0 Å². The van der Waals surface area contributed by atoms with Gasteiger partial charge in [0.05, 0.1) is 5.69 Å². The number of fused-ring (bicyclic) bond motifs is 1. The molecule has 0 unspecified atom stereocenters. The van der Waals surface area contributed by atoms with Gasteiger partial charge in [0.15, 0.2) is 0 Å². The fourth-order valence-electron chi connectivity index (χ4n) is 4.16. The van der Waals surface area contributed by atoms with Gasteiger partial charge in [-0.1, -0.05) is 35.9 Å². The van der Waals surface area contributed by atoms with E-state index >= 15 is 0 Å². The molecule has 1 saturated heterocycles. The van der Waals surface area contributed by atoms with Crippen LogP contribution in [-0.2, 0) is 6.54 Å². The van der Waals surface area contributed by atoms with Crippen LogP contribution in [0.25, 0.3) is 22.3 Å². The molecule has 4 aromatic rings. The number of carbonyl (C=O) groups excluding carboxylic acids is 1. The van der Waals surface area contributed by atoms with E-state index in [0.29, 0.717) is 5.56 Å². The Kier molecular flexibility index (Phi) is 5.75. The second kappa shape index (κ2) is 8.99. The normalized spacial score (nSPS) is 14.5. The van der Waals surface area contributed by atoms with E-state index in [0.717, 1.165) is 66.3 Å². The summed E-state index contributed by atoms with van der Waals surface area (Å²) in [6.07, 6.45) is 0. The summed E-state index contributed by atoms with van der Waals surface area (Å²) in [7, 11) is 0. The van der Waals surface area contributed by atoms with Gasteiger partial charge in [-0.25, -0.2) is 0 Å². The number of amides is 1. The van der Waals surface area contributed by atoms with Gasteiger partial charge in [-0.15, -0.1) is 0 Å². The maximum atomic E-state index is 12.8. The fraction of sp³-hybridized carbons (Fsp3) is 0.222. The van der Waals surface area contributed by atoms with Crippen LogP contribution in [0.5, 0.6) is 0 Å². The first-order valence-electron chi connectivity index (χ1n) is 11.1. The first kappa shape index (κ1) is 20.5. The molecular formula is C27H27N3O2. The molecule has 1 aromatic heterocycles. The molecule has 0 aliphatic carbocycles.